The highest BCUT2D eigenvalue weighted by Gasteiger charge is 2.54. The molecule has 0 unspecified atom stereocenters. The first-order valence-corrected chi connectivity index (χ1v) is 5.96. The summed E-state index contributed by atoms with van der Waals surface area (Å²) in [6.07, 6.45) is -24.3. The van der Waals surface area contributed by atoms with Crippen LogP contribution in [-0.4, -0.2) is 0 Å². The summed E-state index contributed by atoms with van der Waals surface area (Å²) in [4.78, 5) is 0. The van der Waals surface area contributed by atoms with Crippen LogP contribution in [0.25, 0.3) is 6.08 Å². The number of hydrogen-bond acceptors (Lipinski definition) is 0. The lowest BCUT2D eigenvalue weighted by Gasteiger charge is -2.27. The SMILES string of the molecule is C=Cc1c(C(F)(F)F)c(C(F)(F)F)c(C)c(C(F)(F)F)c1C(F)(F)F. The molecule has 12 heteroatoms. The molecule has 0 spiro atoms. The van der Waals surface area contributed by atoms with E-state index in [1.165, 1.54) is 0 Å². The Hall–Kier alpha value is -1.88. The molecule has 0 heterocycles. The fourth-order valence-electron chi connectivity index (χ4n) is 2.40. The molecule has 1 aromatic rings. The molecule has 0 aromatic heterocycles. The zero-order valence-electron chi connectivity index (χ0n) is 11.8. The molecule has 0 aliphatic rings. The van der Waals surface area contributed by atoms with Crippen LogP contribution >= 0.6 is 0 Å². The third-order valence-corrected chi connectivity index (χ3v) is 3.13. The van der Waals surface area contributed by atoms with E-state index < -0.39 is 58.1 Å². The Balaban J connectivity index is 4.41. The van der Waals surface area contributed by atoms with Gasteiger partial charge in [-0.05, 0) is 18.1 Å². The Bertz CT molecular complexity index is 628. The van der Waals surface area contributed by atoms with Gasteiger partial charge in [0.2, 0.25) is 0 Å². The fourth-order valence-corrected chi connectivity index (χ4v) is 2.40. The normalized spacial score (nSPS) is 14.0. The number of hydrogen-bond donors (Lipinski definition) is 0. The minimum absolute atomic E-state index is 0.0943. The average Bonchev–Trinajstić information content (AvgIpc) is 2.31. The maximum Gasteiger partial charge on any atom is 0.417 e. The molecule has 0 saturated carbocycles. The van der Waals surface area contributed by atoms with Gasteiger partial charge in [0.05, 0.1) is 22.3 Å². The van der Waals surface area contributed by atoms with Gasteiger partial charge >= 0.3 is 24.7 Å². The second kappa shape index (κ2) is 5.84. The van der Waals surface area contributed by atoms with Gasteiger partial charge in [0.1, 0.15) is 0 Å². The van der Waals surface area contributed by atoms with E-state index in [4.69, 9.17) is 0 Å². The Labute approximate surface area is 131 Å². The van der Waals surface area contributed by atoms with Crippen LogP contribution < -0.4 is 0 Å². The largest absolute Gasteiger partial charge is 0.417 e. The first-order chi connectivity index (χ1) is 10.8. The standard InChI is InChI=1S/C13H6F12/c1-3-5-8(12(20,21)22)6(10(14,15)16)4(2)7(11(17,18)19)9(5)13(23,24)25/h3H,1H2,2H3. The van der Waals surface area contributed by atoms with Gasteiger partial charge in [-0.15, -0.1) is 0 Å². The molecule has 0 radical (unpaired) electrons. The number of rotatable bonds is 1. The van der Waals surface area contributed by atoms with Crippen molar-refractivity contribution in [3.05, 3.63) is 40.0 Å². The van der Waals surface area contributed by atoms with Crippen molar-refractivity contribution in [3.63, 3.8) is 0 Å². The van der Waals surface area contributed by atoms with E-state index in [2.05, 4.69) is 6.58 Å². The Morgan fingerprint density at radius 3 is 0.960 bits per heavy atom. The minimum Gasteiger partial charge on any atom is -0.166 e. The van der Waals surface area contributed by atoms with Gasteiger partial charge in [0.15, 0.2) is 0 Å². The molecule has 0 amide bonds. The molecule has 0 fully saturated rings. The first kappa shape index (κ1) is 21.2. The number of benzene rings is 1. The molecular weight excluding hydrogens is 384 g/mol. The summed E-state index contributed by atoms with van der Waals surface area (Å²) >= 11 is 0. The molecule has 25 heavy (non-hydrogen) atoms. The highest BCUT2D eigenvalue weighted by molar-refractivity contribution is 5.66. The fraction of sp³-hybridized carbons (Fsp3) is 0.385. The van der Waals surface area contributed by atoms with Crippen LogP contribution in [0.15, 0.2) is 6.58 Å². The van der Waals surface area contributed by atoms with Gasteiger partial charge in [-0.1, -0.05) is 12.7 Å². The molecule has 0 bridgehead atoms. The lowest BCUT2D eigenvalue weighted by molar-refractivity contribution is -0.171. The van der Waals surface area contributed by atoms with Crippen LogP contribution in [0.3, 0.4) is 0 Å². The van der Waals surface area contributed by atoms with Crippen molar-refractivity contribution in [2.24, 2.45) is 0 Å². The second-order valence-corrected chi connectivity index (χ2v) is 4.73. The van der Waals surface area contributed by atoms with E-state index in [0.29, 0.717) is 0 Å². The van der Waals surface area contributed by atoms with Gasteiger partial charge in [-0.3, -0.25) is 0 Å². The van der Waals surface area contributed by atoms with Gasteiger partial charge in [-0.2, -0.15) is 52.7 Å². The molecule has 0 aliphatic heterocycles. The van der Waals surface area contributed by atoms with Crippen molar-refractivity contribution in [2.45, 2.75) is 31.6 Å². The predicted molar refractivity (Wildman–Crippen MR) is 61.3 cm³/mol. The summed E-state index contributed by atoms with van der Waals surface area (Å²) in [6, 6.07) is 0. The molecule has 0 saturated heterocycles. The molecule has 1 rings (SSSR count). The van der Waals surface area contributed by atoms with Crippen LogP contribution in [-0.2, 0) is 24.7 Å². The zero-order chi connectivity index (χ0) is 20.2. The van der Waals surface area contributed by atoms with E-state index in [9.17, 15) is 52.7 Å². The first-order valence-electron chi connectivity index (χ1n) is 5.96. The summed E-state index contributed by atoms with van der Waals surface area (Å²) in [5.74, 6) is 0. The average molecular weight is 390 g/mol. The van der Waals surface area contributed by atoms with Crippen molar-refractivity contribution in [1.29, 1.82) is 0 Å². The quantitative estimate of drug-likeness (QED) is 0.468. The van der Waals surface area contributed by atoms with Crippen LogP contribution in [0, 0.1) is 6.92 Å². The van der Waals surface area contributed by atoms with Crippen molar-refractivity contribution < 1.29 is 52.7 Å². The van der Waals surface area contributed by atoms with Gasteiger partial charge in [-0.25, -0.2) is 0 Å². The lowest BCUT2D eigenvalue weighted by Crippen LogP contribution is -2.28. The maximum absolute atomic E-state index is 13.0. The number of halogens is 12. The van der Waals surface area contributed by atoms with Gasteiger partial charge < -0.3 is 0 Å². The van der Waals surface area contributed by atoms with Crippen molar-refractivity contribution in [2.75, 3.05) is 0 Å². The lowest BCUT2D eigenvalue weighted by atomic mass is 9.85. The monoisotopic (exact) mass is 390 g/mol. The minimum atomic E-state index is -6.01. The highest BCUT2D eigenvalue weighted by atomic mass is 19.4. The van der Waals surface area contributed by atoms with E-state index in [1.807, 2.05) is 0 Å². The van der Waals surface area contributed by atoms with E-state index in [1.54, 1.807) is 0 Å². The summed E-state index contributed by atoms with van der Waals surface area (Å²) < 4.78 is 156. The summed E-state index contributed by atoms with van der Waals surface area (Å²) in [5.41, 5.74) is -16.0. The molecule has 1 aromatic carbocycles. The van der Waals surface area contributed by atoms with E-state index in [0.717, 1.165) is 0 Å². The topological polar surface area (TPSA) is 0 Å². The molecule has 0 N–H and O–H groups in total. The third-order valence-electron chi connectivity index (χ3n) is 3.13. The summed E-state index contributed by atoms with van der Waals surface area (Å²) in [5, 5.41) is 0. The van der Waals surface area contributed by atoms with Gasteiger partial charge in [0.25, 0.3) is 0 Å². The van der Waals surface area contributed by atoms with E-state index in [-0.39, 0.29) is 13.0 Å². The second-order valence-electron chi connectivity index (χ2n) is 4.73. The van der Waals surface area contributed by atoms with Crippen molar-refractivity contribution in [1.82, 2.24) is 0 Å². The third kappa shape index (κ3) is 3.87. The van der Waals surface area contributed by atoms with Crippen LogP contribution in [0.1, 0.15) is 33.4 Å². The Kier molecular flexibility index (Phi) is 4.94. The summed E-state index contributed by atoms with van der Waals surface area (Å²) in [7, 11) is 0. The maximum atomic E-state index is 13.0. The molecular formula is C13H6F12. The Morgan fingerprint density at radius 2 is 0.800 bits per heavy atom. The van der Waals surface area contributed by atoms with Crippen LogP contribution in [0.5, 0.6) is 0 Å². The number of alkyl halides is 12. The molecule has 0 aliphatic carbocycles. The molecule has 0 atom stereocenters. The van der Waals surface area contributed by atoms with Crippen molar-refractivity contribution >= 4 is 6.08 Å². The molecule has 142 valence electrons. The smallest absolute Gasteiger partial charge is 0.166 e. The zero-order valence-corrected chi connectivity index (χ0v) is 11.8. The van der Waals surface area contributed by atoms with Crippen LogP contribution in [0.4, 0.5) is 52.7 Å². The van der Waals surface area contributed by atoms with Crippen LogP contribution in [0.2, 0.25) is 0 Å². The van der Waals surface area contributed by atoms with Gasteiger partial charge in [0, 0.05) is 0 Å². The highest BCUT2D eigenvalue weighted by Crippen LogP contribution is 2.52. The Morgan fingerprint density at radius 1 is 0.560 bits per heavy atom. The summed E-state index contributed by atoms with van der Waals surface area (Å²) in [6.45, 7) is 2.43. The van der Waals surface area contributed by atoms with E-state index >= 15 is 0 Å². The molecule has 0 nitrogen and oxygen atoms in total. The predicted octanol–water partition coefficient (Wildman–Crippen LogP) is 6.71. The van der Waals surface area contributed by atoms with Crippen molar-refractivity contribution in [3.8, 4) is 0 Å².